The van der Waals surface area contributed by atoms with Gasteiger partial charge in [0.05, 0.1) is 6.61 Å². The summed E-state index contributed by atoms with van der Waals surface area (Å²) in [6.07, 6.45) is 0. The summed E-state index contributed by atoms with van der Waals surface area (Å²) in [7, 11) is 0. The number of carbonyl (C=O) groups excluding carboxylic acids is 1. The van der Waals surface area contributed by atoms with E-state index in [-0.39, 0.29) is 0 Å². The van der Waals surface area contributed by atoms with E-state index in [1.807, 2.05) is 0 Å². The molecule has 1 rings (SSSR count). The molecule has 4 heteroatoms. The highest BCUT2D eigenvalue weighted by Crippen LogP contribution is 1.80. The zero-order valence-corrected chi connectivity index (χ0v) is 7.80. The number of hydrogen-bond donors (Lipinski definition) is 2. The first-order valence-electron chi connectivity index (χ1n) is 4.30. The van der Waals surface area contributed by atoms with Crippen molar-refractivity contribution in [1.82, 2.24) is 10.6 Å². The van der Waals surface area contributed by atoms with Gasteiger partial charge in [-0.1, -0.05) is 0 Å². The van der Waals surface area contributed by atoms with Gasteiger partial charge in [-0.2, -0.15) is 0 Å². The minimum atomic E-state index is 0.431. The fraction of sp³-hybridized carbons (Fsp3) is 0.875. The number of carbonyl (C=O) groups is 1. The van der Waals surface area contributed by atoms with Gasteiger partial charge in [0.2, 0.25) is 0 Å². The van der Waals surface area contributed by atoms with Crippen LogP contribution >= 0.6 is 0 Å². The van der Waals surface area contributed by atoms with Gasteiger partial charge in [0.1, 0.15) is 0 Å². The molecule has 72 valence electrons. The molecule has 0 radical (unpaired) electrons. The third-order valence-corrected chi connectivity index (χ3v) is 1.48. The molecule has 1 heterocycles. The summed E-state index contributed by atoms with van der Waals surface area (Å²) in [5, 5.41) is 6.59. The van der Waals surface area contributed by atoms with Crippen LogP contribution < -0.4 is 10.6 Å². The highest BCUT2D eigenvalue weighted by atomic mass is 16.5. The molecule has 1 saturated heterocycles. The Morgan fingerprint density at radius 1 is 1.58 bits per heavy atom. The lowest BCUT2D eigenvalue weighted by molar-refractivity contribution is -0.128. The Hall–Kier alpha value is -0.610. The van der Waals surface area contributed by atoms with E-state index < -0.39 is 0 Å². The molecule has 1 unspecified atom stereocenters. The van der Waals surface area contributed by atoms with Crippen LogP contribution in [0.25, 0.3) is 0 Å². The van der Waals surface area contributed by atoms with Gasteiger partial charge in [-0.3, -0.25) is 4.79 Å². The van der Waals surface area contributed by atoms with Crippen LogP contribution in [0.15, 0.2) is 0 Å². The monoisotopic (exact) mass is 174 g/mol. The lowest BCUT2D eigenvalue weighted by Crippen LogP contribution is -2.46. The molecule has 0 aromatic heterocycles. The third kappa shape index (κ3) is 7.50. The second-order valence-electron chi connectivity index (χ2n) is 2.61. The Morgan fingerprint density at radius 3 is 2.50 bits per heavy atom. The maximum atomic E-state index is 9.18. The quantitative estimate of drug-likeness (QED) is 0.567. The summed E-state index contributed by atoms with van der Waals surface area (Å²) in [5.74, 6) is 0. The molecular weight excluding hydrogens is 156 g/mol. The van der Waals surface area contributed by atoms with Crippen LogP contribution in [-0.4, -0.2) is 38.8 Å². The van der Waals surface area contributed by atoms with Gasteiger partial charge in [0, 0.05) is 25.7 Å². The number of ether oxygens (including phenoxy) is 1. The van der Waals surface area contributed by atoms with Crippen molar-refractivity contribution < 1.29 is 9.53 Å². The summed E-state index contributed by atoms with van der Waals surface area (Å²) in [6, 6.07) is 0.675. The van der Waals surface area contributed by atoms with Crippen LogP contribution in [-0.2, 0) is 9.53 Å². The van der Waals surface area contributed by atoms with Crippen molar-refractivity contribution in [2.45, 2.75) is 19.9 Å². The first-order chi connectivity index (χ1) is 5.81. The van der Waals surface area contributed by atoms with E-state index in [9.17, 15) is 4.79 Å². The van der Waals surface area contributed by atoms with E-state index in [1.54, 1.807) is 6.92 Å². The Balaban J connectivity index is 0.000000217. The third-order valence-electron chi connectivity index (χ3n) is 1.48. The Kier molecular flexibility index (Phi) is 8.05. The Morgan fingerprint density at radius 2 is 2.33 bits per heavy atom. The molecule has 0 spiro atoms. The summed E-state index contributed by atoms with van der Waals surface area (Å²) in [4.78, 5) is 9.18. The van der Waals surface area contributed by atoms with E-state index in [0.717, 1.165) is 19.6 Å². The van der Waals surface area contributed by atoms with Crippen LogP contribution in [0.5, 0.6) is 0 Å². The maximum Gasteiger partial charge on any atom is 0.293 e. The van der Waals surface area contributed by atoms with E-state index in [1.165, 1.54) is 0 Å². The number of nitrogens with one attached hydrogen (secondary N) is 2. The van der Waals surface area contributed by atoms with Gasteiger partial charge in [-0.15, -0.1) is 0 Å². The predicted molar refractivity (Wildman–Crippen MR) is 48.0 cm³/mol. The second-order valence-corrected chi connectivity index (χ2v) is 2.61. The molecule has 1 fully saturated rings. The molecule has 0 aromatic carbocycles. The van der Waals surface area contributed by atoms with Gasteiger partial charge in [0.15, 0.2) is 0 Å². The van der Waals surface area contributed by atoms with E-state index in [2.05, 4.69) is 22.3 Å². The summed E-state index contributed by atoms with van der Waals surface area (Å²) in [6.45, 7) is 8.23. The smallest absolute Gasteiger partial charge is 0.293 e. The van der Waals surface area contributed by atoms with Crippen molar-refractivity contribution in [3.05, 3.63) is 0 Å². The number of hydrogen-bond acceptors (Lipinski definition) is 4. The van der Waals surface area contributed by atoms with Crippen LogP contribution in [0.4, 0.5) is 0 Å². The van der Waals surface area contributed by atoms with Crippen LogP contribution in [0.1, 0.15) is 13.8 Å². The Bertz CT molecular complexity index is 103. The topological polar surface area (TPSA) is 50.4 Å². The van der Waals surface area contributed by atoms with Crippen LogP contribution in [0, 0.1) is 0 Å². The van der Waals surface area contributed by atoms with Gasteiger partial charge >= 0.3 is 0 Å². The fourth-order valence-corrected chi connectivity index (χ4v) is 0.866. The van der Waals surface area contributed by atoms with E-state index in [4.69, 9.17) is 0 Å². The lowest BCUT2D eigenvalue weighted by Gasteiger charge is -2.19. The molecular formula is C8H18N2O2. The highest BCUT2D eigenvalue weighted by Gasteiger charge is 2.03. The molecule has 1 aliphatic heterocycles. The molecule has 1 atom stereocenters. The molecule has 0 saturated carbocycles. The largest absolute Gasteiger partial charge is 0.468 e. The van der Waals surface area contributed by atoms with Crippen LogP contribution in [0.3, 0.4) is 0 Å². The molecule has 4 nitrogen and oxygen atoms in total. The van der Waals surface area contributed by atoms with Crippen LogP contribution in [0.2, 0.25) is 0 Å². The van der Waals surface area contributed by atoms with Crippen molar-refractivity contribution in [2.24, 2.45) is 0 Å². The van der Waals surface area contributed by atoms with Gasteiger partial charge in [0.25, 0.3) is 6.47 Å². The zero-order chi connectivity index (χ0) is 9.23. The SMILES string of the molecule is CC1CNCCN1.CCOC=O. The molecule has 12 heavy (non-hydrogen) atoms. The highest BCUT2D eigenvalue weighted by molar-refractivity contribution is 5.36. The minimum Gasteiger partial charge on any atom is -0.468 e. The van der Waals surface area contributed by atoms with E-state index in [0.29, 0.717) is 19.1 Å². The minimum absolute atomic E-state index is 0.431. The van der Waals surface area contributed by atoms with Crippen molar-refractivity contribution >= 4 is 6.47 Å². The maximum absolute atomic E-state index is 9.18. The predicted octanol–water partition coefficient (Wildman–Crippen LogP) is -0.253. The van der Waals surface area contributed by atoms with Crippen molar-refractivity contribution in [1.29, 1.82) is 0 Å². The summed E-state index contributed by atoms with van der Waals surface area (Å²) < 4.78 is 4.15. The fourth-order valence-electron chi connectivity index (χ4n) is 0.866. The summed E-state index contributed by atoms with van der Waals surface area (Å²) >= 11 is 0. The molecule has 0 bridgehead atoms. The Labute approximate surface area is 73.7 Å². The summed E-state index contributed by atoms with van der Waals surface area (Å²) in [5.41, 5.74) is 0. The zero-order valence-electron chi connectivity index (χ0n) is 7.80. The first kappa shape index (κ1) is 11.4. The standard InChI is InChI=1S/C5H12N2.C3H6O2/c1-5-4-6-2-3-7-5;1-2-5-3-4/h5-7H,2-4H2,1H3;3H,2H2,1H3. The molecule has 2 N–H and O–H groups in total. The van der Waals surface area contributed by atoms with Crippen molar-refractivity contribution in [3.8, 4) is 0 Å². The van der Waals surface area contributed by atoms with Gasteiger partial charge < -0.3 is 15.4 Å². The average molecular weight is 174 g/mol. The number of rotatable bonds is 2. The van der Waals surface area contributed by atoms with Crippen molar-refractivity contribution in [3.63, 3.8) is 0 Å². The lowest BCUT2D eigenvalue weighted by atomic mass is 10.3. The molecule has 1 aliphatic rings. The first-order valence-corrected chi connectivity index (χ1v) is 4.30. The molecule has 0 amide bonds. The molecule has 0 aliphatic carbocycles. The second kappa shape index (κ2) is 8.49. The molecule has 0 aromatic rings. The van der Waals surface area contributed by atoms with Gasteiger partial charge in [-0.05, 0) is 13.8 Å². The number of piperazine rings is 1. The van der Waals surface area contributed by atoms with Crippen molar-refractivity contribution in [2.75, 3.05) is 26.2 Å². The van der Waals surface area contributed by atoms with E-state index >= 15 is 0 Å². The average Bonchev–Trinajstić information content (AvgIpc) is 2.08. The normalized spacial score (nSPS) is 22.0. The van der Waals surface area contributed by atoms with Gasteiger partial charge in [-0.25, -0.2) is 0 Å².